The zero-order chi connectivity index (χ0) is 12.6. The maximum Gasteiger partial charge on any atom is 0.159 e. The third-order valence-electron chi connectivity index (χ3n) is 3.31. The average Bonchev–Trinajstić information content (AvgIpc) is 2.60. The number of nitrogens with two attached hydrogens (primary N) is 1. The minimum Gasteiger partial charge on any atom is -0.368 e. The molecule has 4 atom stereocenters. The van der Waals surface area contributed by atoms with Gasteiger partial charge < -0.3 is 20.9 Å². The number of nitrogens with one attached hydrogen (secondary N) is 1. The molecule has 1 aromatic rings. The number of aromatic nitrogens is 2. The summed E-state index contributed by atoms with van der Waals surface area (Å²) in [6.07, 6.45) is -0.433. The van der Waals surface area contributed by atoms with Gasteiger partial charge >= 0.3 is 0 Å². The zero-order valence-electron chi connectivity index (χ0n) is 10.4. The molecule has 0 bridgehead atoms. The fraction of sp³-hybridized carbons (Fsp3) is 0.727. The zero-order valence-corrected chi connectivity index (χ0v) is 10.4. The van der Waals surface area contributed by atoms with Crippen molar-refractivity contribution in [3.05, 3.63) is 11.8 Å². The quantitative estimate of drug-likeness (QED) is 0.653. The van der Waals surface area contributed by atoms with Crippen LogP contribution >= 0.6 is 0 Å². The first-order valence-electron chi connectivity index (χ1n) is 5.82. The molecule has 0 spiro atoms. The van der Waals surface area contributed by atoms with Gasteiger partial charge in [-0.25, -0.2) is 4.68 Å². The van der Waals surface area contributed by atoms with E-state index >= 15 is 0 Å². The van der Waals surface area contributed by atoms with Crippen LogP contribution in [0.4, 0.5) is 5.82 Å². The highest BCUT2D eigenvalue weighted by Crippen LogP contribution is 2.29. The van der Waals surface area contributed by atoms with Crippen LogP contribution in [0.25, 0.3) is 0 Å². The number of aryl methyl sites for hydroxylation is 1. The Balaban J connectivity index is 2.26. The molecule has 0 saturated heterocycles. The molecule has 0 aliphatic carbocycles. The largest absolute Gasteiger partial charge is 0.368 e. The second kappa shape index (κ2) is 4.64. The number of hydrogen-bond donors (Lipinski definition) is 3. The van der Waals surface area contributed by atoms with Gasteiger partial charge in [0.25, 0.3) is 0 Å². The molecule has 0 fully saturated rings. The molecule has 6 nitrogen and oxygen atoms in total. The predicted molar refractivity (Wildman–Crippen MR) is 64.4 cm³/mol. The van der Waals surface area contributed by atoms with Gasteiger partial charge in [-0.05, 0) is 20.3 Å². The van der Waals surface area contributed by atoms with Gasteiger partial charge in [-0.3, -0.25) is 0 Å². The smallest absolute Gasteiger partial charge is 0.159 e. The average molecular weight is 240 g/mol. The first kappa shape index (κ1) is 12.3. The van der Waals surface area contributed by atoms with Crippen molar-refractivity contribution >= 4 is 5.82 Å². The number of nitrogens with zero attached hydrogens (tertiary/aromatic N) is 2. The SMILES string of the molecule is COC(O)C1CC(N)n2nc(C)cc2NC1C. The maximum atomic E-state index is 9.82. The van der Waals surface area contributed by atoms with Crippen molar-refractivity contribution in [3.8, 4) is 0 Å². The van der Waals surface area contributed by atoms with E-state index in [4.69, 9.17) is 10.5 Å². The van der Waals surface area contributed by atoms with Crippen LogP contribution in [0.2, 0.25) is 0 Å². The van der Waals surface area contributed by atoms with E-state index in [1.54, 1.807) is 4.68 Å². The molecule has 6 heteroatoms. The summed E-state index contributed by atoms with van der Waals surface area (Å²) in [4.78, 5) is 0. The summed E-state index contributed by atoms with van der Waals surface area (Å²) in [6.45, 7) is 3.94. The molecule has 0 amide bonds. The molecular weight excluding hydrogens is 220 g/mol. The number of aliphatic hydroxyl groups is 1. The Morgan fingerprint density at radius 1 is 1.71 bits per heavy atom. The number of rotatable bonds is 2. The lowest BCUT2D eigenvalue weighted by molar-refractivity contribution is -0.119. The van der Waals surface area contributed by atoms with Crippen molar-refractivity contribution in [1.29, 1.82) is 0 Å². The van der Waals surface area contributed by atoms with Gasteiger partial charge in [0.05, 0.1) is 5.69 Å². The number of methoxy groups -OCH3 is 1. The number of ether oxygens (including phenoxy) is 1. The predicted octanol–water partition coefficient (Wildman–Crippen LogP) is 0.434. The first-order valence-corrected chi connectivity index (χ1v) is 5.82. The van der Waals surface area contributed by atoms with Gasteiger partial charge in [0.15, 0.2) is 6.29 Å². The normalized spacial score (nSPS) is 30.3. The highest BCUT2D eigenvalue weighted by molar-refractivity contribution is 5.39. The van der Waals surface area contributed by atoms with Gasteiger partial charge in [0, 0.05) is 25.1 Å². The summed E-state index contributed by atoms with van der Waals surface area (Å²) in [5.41, 5.74) is 7.03. The molecule has 1 aliphatic rings. The highest BCUT2D eigenvalue weighted by atomic mass is 16.6. The van der Waals surface area contributed by atoms with E-state index in [2.05, 4.69) is 10.4 Å². The van der Waals surface area contributed by atoms with Crippen LogP contribution in [0, 0.1) is 12.8 Å². The lowest BCUT2D eigenvalue weighted by atomic mass is 9.96. The fourth-order valence-electron chi connectivity index (χ4n) is 2.34. The molecule has 17 heavy (non-hydrogen) atoms. The maximum absolute atomic E-state index is 9.82. The van der Waals surface area contributed by atoms with E-state index in [0.29, 0.717) is 6.42 Å². The third-order valence-corrected chi connectivity index (χ3v) is 3.31. The van der Waals surface area contributed by atoms with E-state index < -0.39 is 6.29 Å². The van der Waals surface area contributed by atoms with Crippen LogP contribution in [0.1, 0.15) is 25.2 Å². The van der Waals surface area contributed by atoms with E-state index in [-0.39, 0.29) is 18.1 Å². The summed E-state index contributed by atoms with van der Waals surface area (Å²) in [5, 5.41) is 17.5. The summed E-state index contributed by atoms with van der Waals surface area (Å²) < 4.78 is 6.77. The lowest BCUT2D eigenvalue weighted by Gasteiger charge is -2.26. The fourth-order valence-corrected chi connectivity index (χ4v) is 2.34. The Kier molecular flexibility index (Phi) is 3.37. The second-order valence-electron chi connectivity index (χ2n) is 4.64. The first-order chi connectivity index (χ1) is 8.02. The summed E-state index contributed by atoms with van der Waals surface area (Å²) in [5.74, 6) is 0.838. The highest BCUT2D eigenvalue weighted by Gasteiger charge is 2.32. The molecule has 0 radical (unpaired) electrons. The topological polar surface area (TPSA) is 85.3 Å². The van der Waals surface area contributed by atoms with E-state index in [1.807, 2.05) is 19.9 Å². The van der Waals surface area contributed by atoms with Crippen LogP contribution in [-0.4, -0.2) is 34.3 Å². The molecule has 1 aliphatic heterocycles. The number of aliphatic hydroxyl groups excluding tert-OH is 1. The molecule has 1 aromatic heterocycles. The van der Waals surface area contributed by atoms with E-state index in [1.165, 1.54) is 7.11 Å². The molecule has 4 N–H and O–H groups in total. The molecular formula is C11H20N4O2. The van der Waals surface area contributed by atoms with E-state index in [0.717, 1.165) is 11.5 Å². The van der Waals surface area contributed by atoms with Gasteiger partial charge in [-0.1, -0.05) is 0 Å². The molecule has 0 saturated carbocycles. The molecule has 4 unspecified atom stereocenters. The van der Waals surface area contributed by atoms with Gasteiger partial charge in [-0.2, -0.15) is 5.10 Å². The third kappa shape index (κ3) is 2.29. The molecule has 2 rings (SSSR count). The van der Waals surface area contributed by atoms with Crippen molar-refractivity contribution in [3.63, 3.8) is 0 Å². The van der Waals surface area contributed by atoms with Crippen molar-refractivity contribution in [2.75, 3.05) is 12.4 Å². The van der Waals surface area contributed by atoms with Crippen LogP contribution in [0.3, 0.4) is 0 Å². The van der Waals surface area contributed by atoms with Crippen molar-refractivity contribution in [2.45, 2.75) is 38.8 Å². The van der Waals surface area contributed by atoms with Crippen LogP contribution in [0.5, 0.6) is 0 Å². The Morgan fingerprint density at radius 3 is 3.06 bits per heavy atom. The number of fused-ring (bicyclic) bond motifs is 1. The van der Waals surface area contributed by atoms with Crippen LogP contribution in [-0.2, 0) is 4.74 Å². The number of anilines is 1. The Labute approximate surface area is 101 Å². The van der Waals surface area contributed by atoms with Gasteiger partial charge in [0.2, 0.25) is 0 Å². The Morgan fingerprint density at radius 2 is 2.41 bits per heavy atom. The van der Waals surface area contributed by atoms with Gasteiger partial charge in [0.1, 0.15) is 12.0 Å². The van der Waals surface area contributed by atoms with E-state index in [9.17, 15) is 5.11 Å². The second-order valence-corrected chi connectivity index (χ2v) is 4.64. The molecule has 96 valence electrons. The molecule has 2 heterocycles. The number of hydrogen-bond acceptors (Lipinski definition) is 5. The lowest BCUT2D eigenvalue weighted by Crippen LogP contribution is -2.36. The Bertz CT molecular complexity index is 393. The van der Waals surface area contributed by atoms with Crippen LogP contribution < -0.4 is 11.1 Å². The minimum atomic E-state index is -0.811. The van der Waals surface area contributed by atoms with Crippen molar-refractivity contribution in [2.24, 2.45) is 11.7 Å². The van der Waals surface area contributed by atoms with Crippen molar-refractivity contribution in [1.82, 2.24) is 9.78 Å². The monoisotopic (exact) mass is 240 g/mol. The van der Waals surface area contributed by atoms with Crippen LogP contribution in [0.15, 0.2) is 6.07 Å². The van der Waals surface area contributed by atoms with Gasteiger partial charge in [-0.15, -0.1) is 0 Å². The minimum absolute atomic E-state index is 0.0583. The standard InChI is InChI=1S/C11H20N4O2/c1-6-4-10-13-7(2)8(11(16)17-3)5-9(12)15(10)14-6/h4,7-9,11,13,16H,5,12H2,1-3H3. The summed E-state index contributed by atoms with van der Waals surface area (Å²) >= 11 is 0. The summed E-state index contributed by atoms with van der Waals surface area (Å²) in [7, 11) is 1.50. The Hall–Kier alpha value is -1.11. The van der Waals surface area contributed by atoms with Crippen molar-refractivity contribution < 1.29 is 9.84 Å². The summed E-state index contributed by atoms with van der Waals surface area (Å²) in [6, 6.07) is 2.03. The molecule has 0 aromatic carbocycles.